The number of nitrogens with zero attached hydrogens (tertiary/aromatic N) is 1. The summed E-state index contributed by atoms with van der Waals surface area (Å²) < 4.78 is 5.79. The van der Waals surface area contributed by atoms with Gasteiger partial charge in [0.05, 0.1) is 10.0 Å². The predicted octanol–water partition coefficient (Wildman–Crippen LogP) is 7.11. The molecule has 1 aliphatic rings. The van der Waals surface area contributed by atoms with Crippen LogP contribution in [0.5, 0.6) is 5.75 Å². The van der Waals surface area contributed by atoms with Gasteiger partial charge < -0.3 is 15.0 Å². The molecule has 4 rings (SSSR count). The van der Waals surface area contributed by atoms with Crippen LogP contribution in [0.15, 0.2) is 72.8 Å². The molecule has 1 fully saturated rings. The minimum atomic E-state index is -0.746. The average molecular weight is 574 g/mol. The lowest BCUT2D eigenvalue weighted by Crippen LogP contribution is -2.53. The molecule has 1 atom stereocenters. The molecular weight excluding hydrogens is 543 g/mol. The Balaban J connectivity index is 1.62. The summed E-state index contributed by atoms with van der Waals surface area (Å²) in [4.78, 5) is 29.1. The second kappa shape index (κ2) is 13.9. The van der Waals surface area contributed by atoms with Gasteiger partial charge in [0, 0.05) is 24.0 Å². The molecule has 38 heavy (non-hydrogen) atoms. The van der Waals surface area contributed by atoms with Crippen LogP contribution < -0.4 is 10.1 Å². The van der Waals surface area contributed by atoms with Gasteiger partial charge in [-0.3, -0.25) is 9.59 Å². The highest BCUT2D eigenvalue weighted by molar-refractivity contribution is 6.42. The van der Waals surface area contributed by atoms with Crippen molar-refractivity contribution in [3.63, 3.8) is 0 Å². The van der Waals surface area contributed by atoms with Gasteiger partial charge in [0.1, 0.15) is 11.8 Å². The van der Waals surface area contributed by atoms with Crippen LogP contribution in [0.3, 0.4) is 0 Å². The third-order valence-electron chi connectivity index (χ3n) is 6.72. The Labute approximate surface area is 239 Å². The first kappa shape index (κ1) is 28.3. The Hall–Kier alpha value is -2.73. The molecule has 1 unspecified atom stereocenters. The zero-order valence-corrected chi connectivity index (χ0v) is 23.3. The van der Waals surface area contributed by atoms with E-state index in [1.807, 2.05) is 36.4 Å². The third kappa shape index (κ3) is 8.13. The monoisotopic (exact) mass is 572 g/mol. The Morgan fingerprint density at radius 2 is 1.63 bits per heavy atom. The molecular formula is C30H31Cl3N2O3. The van der Waals surface area contributed by atoms with Crippen LogP contribution in [-0.4, -0.2) is 35.4 Å². The van der Waals surface area contributed by atoms with Crippen molar-refractivity contribution in [1.82, 2.24) is 10.2 Å². The second-order valence-electron chi connectivity index (χ2n) is 9.57. The Morgan fingerprint density at radius 1 is 0.868 bits per heavy atom. The number of nitrogens with one attached hydrogen (secondary N) is 1. The fourth-order valence-electron chi connectivity index (χ4n) is 4.72. The van der Waals surface area contributed by atoms with E-state index in [4.69, 9.17) is 39.5 Å². The number of halogens is 3. The number of carbonyl (C=O) groups is 2. The summed E-state index contributed by atoms with van der Waals surface area (Å²) in [6, 6.07) is 21.2. The molecule has 3 aromatic rings. The summed E-state index contributed by atoms with van der Waals surface area (Å²) in [7, 11) is 0. The molecule has 0 saturated heterocycles. The van der Waals surface area contributed by atoms with Crippen molar-refractivity contribution >= 4 is 46.6 Å². The maximum absolute atomic E-state index is 13.8. The lowest BCUT2D eigenvalue weighted by Gasteiger charge is -2.33. The molecule has 0 radical (unpaired) electrons. The fraction of sp³-hybridized carbons (Fsp3) is 0.333. The number of ether oxygens (including phenoxy) is 1. The fourth-order valence-corrected chi connectivity index (χ4v) is 5.22. The first-order chi connectivity index (χ1) is 18.4. The van der Waals surface area contributed by atoms with Crippen LogP contribution in [0.25, 0.3) is 0 Å². The molecule has 0 aliphatic heterocycles. The number of amides is 2. The number of benzene rings is 3. The average Bonchev–Trinajstić information content (AvgIpc) is 2.92. The van der Waals surface area contributed by atoms with Gasteiger partial charge in [0.15, 0.2) is 6.61 Å². The lowest BCUT2D eigenvalue weighted by molar-refractivity contribution is -0.143. The van der Waals surface area contributed by atoms with Crippen LogP contribution in [0.2, 0.25) is 15.1 Å². The van der Waals surface area contributed by atoms with E-state index in [1.165, 1.54) is 6.42 Å². The van der Waals surface area contributed by atoms with Gasteiger partial charge in [-0.15, -0.1) is 0 Å². The van der Waals surface area contributed by atoms with E-state index in [0.717, 1.165) is 36.8 Å². The lowest BCUT2D eigenvalue weighted by atomic mass is 9.94. The maximum Gasteiger partial charge on any atom is 0.261 e. The van der Waals surface area contributed by atoms with E-state index < -0.39 is 6.04 Å². The number of hydrogen-bond acceptors (Lipinski definition) is 3. The number of carbonyl (C=O) groups excluding carboxylic acids is 2. The number of rotatable bonds is 10. The van der Waals surface area contributed by atoms with E-state index >= 15 is 0 Å². The van der Waals surface area contributed by atoms with Gasteiger partial charge >= 0.3 is 0 Å². The zero-order chi connectivity index (χ0) is 26.9. The van der Waals surface area contributed by atoms with Crippen LogP contribution in [0.1, 0.15) is 43.2 Å². The van der Waals surface area contributed by atoms with Crippen LogP contribution in [0.4, 0.5) is 0 Å². The van der Waals surface area contributed by atoms with Crippen molar-refractivity contribution in [3.8, 4) is 5.75 Å². The molecule has 1 saturated carbocycles. The molecule has 0 bridgehead atoms. The highest BCUT2D eigenvalue weighted by Crippen LogP contribution is 2.25. The minimum Gasteiger partial charge on any atom is -0.484 e. The minimum absolute atomic E-state index is 0.110. The molecule has 1 N–H and O–H groups in total. The highest BCUT2D eigenvalue weighted by atomic mass is 35.5. The molecule has 3 aromatic carbocycles. The molecule has 0 aromatic heterocycles. The summed E-state index contributed by atoms with van der Waals surface area (Å²) in [5.41, 5.74) is 1.72. The molecule has 0 spiro atoms. The second-order valence-corrected chi connectivity index (χ2v) is 10.8. The van der Waals surface area contributed by atoms with Crippen molar-refractivity contribution in [2.24, 2.45) is 0 Å². The maximum atomic E-state index is 13.8. The van der Waals surface area contributed by atoms with Crippen molar-refractivity contribution in [2.45, 2.75) is 57.2 Å². The van der Waals surface area contributed by atoms with Gasteiger partial charge in [-0.2, -0.15) is 0 Å². The van der Waals surface area contributed by atoms with E-state index in [9.17, 15) is 9.59 Å². The SMILES string of the molecule is O=C(NC1CCCCC1)C(Cc1ccccc1)N(Cc1ccc(Cl)c(Cl)c1)C(=O)COc1cccc(Cl)c1. The van der Waals surface area contributed by atoms with E-state index in [0.29, 0.717) is 27.2 Å². The topological polar surface area (TPSA) is 58.6 Å². The first-order valence-corrected chi connectivity index (χ1v) is 14.0. The molecule has 0 heterocycles. The molecule has 200 valence electrons. The summed E-state index contributed by atoms with van der Waals surface area (Å²) in [6.07, 6.45) is 5.62. The van der Waals surface area contributed by atoms with Gasteiger partial charge in [0.25, 0.3) is 5.91 Å². The Morgan fingerprint density at radius 3 is 2.34 bits per heavy atom. The summed E-state index contributed by atoms with van der Waals surface area (Å²) in [5, 5.41) is 4.55. The number of hydrogen-bond donors (Lipinski definition) is 1. The van der Waals surface area contributed by atoms with E-state index in [-0.39, 0.29) is 31.0 Å². The normalized spacial score (nSPS) is 14.5. The van der Waals surface area contributed by atoms with Crippen LogP contribution >= 0.6 is 34.8 Å². The van der Waals surface area contributed by atoms with Crippen LogP contribution in [0, 0.1) is 0 Å². The molecule has 8 heteroatoms. The van der Waals surface area contributed by atoms with Gasteiger partial charge in [-0.05, 0) is 54.3 Å². The zero-order valence-electron chi connectivity index (χ0n) is 21.0. The molecule has 5 nitrogen and oxygen atoms in total. The van der Waals surface area contributed by atoms with E-state index in [1.54, 1.807) is 41.3 Å². The highest BCUT2D eigenvalue weighted by Gasteiger charge is 2.32. The summed E-state index contributed by atoms with van der Waals surface area (Å²) in [6.45, 7) is -0.0755. The smallest absolute Gasteiger partial charge is 0.261 e. The van der Waals surface area contributed by atoms with Crippen LogP contribution in [-0.2, 0) is 22.6 Å². The largest absolute Gasteiger partial charge is 0.484 e. The predicted molar refractivity (Wildman–Crippen MR) is 153 cm³/mol. The molecule has 1 aliphatic carbocycles. The van der Waals surface area contributed by atoms with Gasteiger partial charge in [-0.1, -0.05) is 96.5 Å². The Kier molecular flexibility index (Phi) is 10.3. The standard InChI is InChI=1S/C30H31Cl3N2O3/c31-23-10-7-13-25(18-23)38-20-29(36)35(19-22-14-15-26(32)27(33)16-22)28(17-21-8-3-1-4-9-21)30(37)34-24-11-5-2-6-12-24/h1,3-4,7-10,13-16,18,24,28H,2,5-6,11-12,17,19-20H2,(H,34,37). The van der Waals surface area contributed by atoms with Crippen molar-refractivity contribution in [1.29, 1.82) is 0 Å². The quantitative estimate of drug-likeness (QED) is 0.281. The summed E-state index contributed by atoms with van der Waals surface area (Å²) >= 11 is 18.5. The van der Waals surface area contributed by atoms with Gasteiger partial charge in [-0.25, -0.2) is 0 Å². The van der Waals surface area contributed by atoms with Crippen molar-refractivity contribution in [3.05, 3.63) is 99.0 Å². The van der Waals surface area contributed by atoms with Crippen molar-refractivity contribution in [2.75, 3.05) is 6.61 Å². The summed E-state index contributed by atoms with van der Waals surface area (Å²) in [5.74, 6) is -0.0145. The van der Waals surface area contributed by atoms with Crippen molar-refractivity contribution < 1.29 is 14.3 Å². The molecule has 2 amide bonds. The van der Waals surface area contributed by atoms with Gasteiger partial charge in [0.2, 0.25) is 5.91 Å². The first-order valence-electron chi connectivity index (χ1n) is 12.8. The third-order valence-corrected chi connectivity index (χ3v) is 7.69. The van der Waals surface area contributed by atoms with E-state index in [2.05, 4.69) is 5.32 Å². The Bertz CT molecular complexity index is 1230.